The highest BCUT2D eigenvalue weighted by Gasteiger charge is 2.20. The van der Waals surface area contributed by atoms with Crippen LogP contribution in [0.1, 0.15) is 36.5 Å². The van der Waals surface area contributed by atoms with E-state index >= 15 is 0 Å². The number of nitrogens with zero attached hydrogens (tertiary/aromatic N) is 1. The standard InChI is InChI=1S/C22H25FN2O4/c1-15(29-22(27)16-6-11-20(28-2)19(23)14-16)21(26)24-17-7-9-18(10-8-17)25-12-4-3-5-13-25/h6-11,14-15H,3-5,12-13H2,1-2H3,(H,24,26)/t15-/m0/s1. The molecule has 0 bridgehead atoms. The SMILES string of the molecule is COc1ccc(C(=O)O[C@@H](C)C(=O)Nc2ccc(N3CCCCC3)cc2)cc1F. The quantitative estimate of drug-likeness (QED) is 0.742. The van der Waals surface area contributed by atoms with Gasteiger partial charge in [-0.2, -0.15) is 0 Å². The molecule has 3 rings (SSSR count). The van der Waals surface area contributed by atoms with Gasteiger partial charge in [0.25, 0.3) is 5.91 Å². The van der Waals surface area contributed by atoms with Crippen molar-refractivity contribution in [2.75, 3.05) is 30.4 Å². The van der Waals surface area contributed by atoms with Gasteiger partial charge in [-0.15, -0.1) is 0 Å². The molecular weight excluding hydrogens is 375 g/mol. The lowest BCUT2D eigenvalue weighted by molar-refractivity contribution is -0.123. The minimum atomic E-state index is -1.03. The van der Waals surface area contributed by atoms with Gasteiger partial charge in [-0.1, -0.05) is 0 Å². The van der Waals surface area contributed by atoms with Crippen molar-refractivity contribution >= 4 is 23.3 Å². The highest BCUT2D eigenvalue weighted by Crippen LogP contribution is 2.22. The molecule has 1 aliphatic heterocycles. The molecule has 1 fully saturated rings. The Morgan fingerprint density at radius 1 is 1.07 bits per heavy atom. The number of nitrogens with one attached hydrogen (secondary N) is 1. The van der Waals surface area contributed by atoms with Crippen LogP contribution in [0.25, 0.3) is 0 Å². The molecule has 0 saturated carbocycles. The van der Waals surface area contributed by atoms with Crippen molar-refractivity contribution in [2.45, 2.75) is 32.3 Å². The molecule has 0 unspecified atom stereocenters. The third kappa shape index (κ3) is 5.25. The van der Waals surface area contributed by atoms with Crippen molar-refractivity contribution in [1.82, 2.24) is 0 Å². The third-order valence-electron chi connectivity index (χ3n) is 4.90. The second-order valence-electron chi connectivity index (χ2n) is 6.98. The summed E-state index contributed by atoms with van der Waals surface area (Å²) in [6.45, 7) is 3.56. The molecule has 2 aromatic carbocycles. The Hall–Kier alpha value is -3.09. The molecule has 1 atom stereocenters. The molecule has 2 aromatic rings. The second kappa shape index (κ2) is 9.41. The minimum absolute atomic E-state index is 0.00818. The van der Waals surface area contributed by atoms with Crippen LogP contribution < -0.4 is 15.0 Å². The van der Waals surface area contributed by atoms with Crippen molar-refractivity contribution < 1.29 is 23.5 Å². The number of amides is 1. The van der Waals surface area contributed by atoms with Crippen molar-refractivity contribution in [3.8, 4) is 5.75 Å². The highest BCUT2D eigenvalue weighted by molar-refractivity contribution is 5.97. The van der Waals surface area contributed by atoms with Gasteiger partial charge in [0.2, 0.25) is 0 Å². The first-order valence-corrected chi connectivity index (χ1v) is 9.68. The number of carbonyl (C=O) groups is 2. The summed E-state index contributed by atoms with van der Waals surface area (Å²) >= 11 is 0. The summed E-state index contributed by atoms with van der Waals surface area (Å²) in [5, 5.41) is 2.73. The second-order valence-corrected chi connectivity index (χ2v) is 6.98. The van der Waals surface area contributed by atoms with E-state index in [9.17, 15) is 14.0 Å². The topological polar surface area (TPSA) is 67.9 Å². The molecule has 0 radical (unpaired) electrons. The number of hydrogen-bond donors (Lipinski definition) is 1. The summed E-state index contributed by atoms with van der Waals surface area (Å²) in [5.74, 6) is -1.89. The predicted molar refractivity (Wildman–Crippen MR) is 109 cm³/mol. The number of ether oxygens (including phenoxy) is 2. The van der Waals surface area contributed by atoms with E-state index in [-0.39, 0.29) is 11.3 Å². The van der Waals surface area contributed by atoms with E-state index < -0.39 is 23.8 Å². The summed E-state index contributed by atoms with van der Waals surface area (Å²) in [4.78, 5) is 26.8. The van der Waals surface area contributed by atoms with Gasteiger partial charge < -0.3 is 19.7 Å². The van der Waals surface area contributed by atoms with Crippen LogP contribution in [0, 0.1) is 5.82 Å². The number of carbonyl (C=O) groups excluding carboxylic acids is 2. The predicted octanol–water partition coefficient (Wildman–Crippen LogP) is 4.01. The Bertz CT molecular complexity index is 864. The molecule has 0 spiro atoms. The van der Waals surface area contributed by atoms with E-state index in [0.717, 1.165) is 24.8 Å². The maximum absolute atomic E-state index is 13.7. The third-order valence-corrected chi connectivity index (χ3v) is 4.90. The fourth-order valence-corrected chi connectivity index (χ4v) is 3.23. The zero-order chi connectivity index (χ0) is 20.8. The number of hydrogen-bond acceptors (Lipinski definition) is 5. The Kier molecular flexibility index (Phi) is 6.69. The van der Waals surface area contributed by atoms with Gasteiger partial charge in [-0.3, -0.25) is 4.79 Å². The van der Waals surface area contributed by atoms with Crippen LogP contribution in [0.4, 0.5) is 15.8 Å². The summed E-state index contributed by atoms with van der Waals surface area (Å²) in [5.41, 5.74) is 1.76. The lowest BCUT2D eigenvalue weighted by Gasteiger charge is -2.28. The zero-order valence-corrected chi connectivity index (χ0v) is 16.6. The number of halogens is 1. The van der Waals surface area contributed by atoms with Crippen LogP contribution in [-0.2, 0) is 9.53 Å². The van der Waals surface area contributed by atoms with E-state index in [1.807, 2.05) is 24.3 Å². The molecule has 1 amide bonds. The molecule has 1 aliphatic rings. The van der Waals surface area contributed by atoms with Gasteiger partial charge in [0, 0.05) is 24.5 Å². The first kappa shape index (κ1) is 20.6. The first-order chi connectivity index (χ1) is 14.0. The lowest BCUT2D eigenvalue weighted by Crippen LogP contribution is -2.30. The molecule has 29 heavy (non-hydrogen) atoms. The van der Waals surface area contributed by atoms with Gasteiger partial charge in [0.1, 0.15) is 0 Å². The zero-order valence-electron chi connectivity index (χ0n) is 16.6. The lowest BCUT2D eigenvalue weighted by atomic mass is 10.1. The van der Waals surface area contributed by atoms with Crippen molar-refractivity contribution in [3.63, 3.8) is 0 Å². The normalized spacial score (nSPS) is 14.8. The molecule has 1 N–H and O–H groups in total. The Morgan fingerprint density at radius 3 is 2.38 bits per heavy atom. The molecular formula is C22H25FN2O4. The molecule has 0 aliphatic carbocycles. The van der Waals surface area contributed by atoms with Crippen LogP contribution in [0.2, 0.25) is 0 Å². The van der Waals surface area contributed by atoms with Gasteiger partial charge in [0.05, 0.1) is 12.7 Å². The Labute approximate surface area is 169 Å². The van der Waals surface area contributed by atoms with E-state index in [2.05, 4.69) is 10.2 Å². The molecule has 6 nitrogen and oxygen atoms in total. The van der Waals surface area contributed by atoms with Gasteiger partial charge in [-0.25, -0.2) is 9.18 Å². The minimum Gasteiger partial charge on any atom is -0.494 e. The molecule has 0 aromatic heterocycles. The van der Waals surface area contributed by atoms with Gasteiger partial charge >= 0.3 is 5.97 Å². The maximum atomic E-state index is 13.7. The fraction of sp³-hybridized carbons (Fsp3) is 0.364. The van der Waals surface area contributed by atoms with E-state index in [4.69, 9.17) is 9.47 Å². The van der Waals surface area contributed by atoms with E-state index in [1.54, 1.807) is 0 Å². The van der Waals surface area contributed by atoms with E-state index in [1.165, 1.54) is 45.4 Å². The van der Waals surface area contributed by atoms with E-state index in [0.29, 0.717) is 5.69 Å². The summed E-state index contributed by atoms with van der Waals surface area (Å²) in [7, 11) is 1.34. The largest absolute Gasteiger partial charge is 0.494 e. The highest BCUT2D eigenvalue weighted by atomic mass is 19.1. The smallest absolute Gasteiger partial charge is 0.339 e. The molecule has 1 saturated heterocycles. The van der Waals surface area contributed by atoms with Crippen LogP contribution in [0.3, 0.4) is 0 Å². The van der Waals surface area contributed by atoms with Gasteiger partial charge in [-0.05, 0) is 68.7 Å². The van der Waals surface area contributed by atoms with Crippen molar-refractivity contribution in [3.05, 3.63) is 53.8 Å². The molecule has 1 heterocycles. The van der Waals surface area contributed by atoms with Crippen LogP contribution in [-0.4, -0.2) is 38.2 Å². The van der Waals surface area contributed by atoms with Crippen molar-refractivity contribution in [2.24, 2.45) is 0 Å². The summed E-state index contributed by atoms with van der Waals surface area (Å²) in [6.07, 6.45) is 2.62. The first-order valence-electron chi connectivity index (χ1n) is 9.68. The number of methoxy groups -OCH3 is 1. The van der Waals surface area contributed by atoms with Crippen LogP contribution >= 0.6 is 0 Å². The van der Waals surface area contributed by atoms with Crippen LogP contribution in [0.5, 0.6) is 5.75 Å². The molecule has 154 valence electrons. The van der Waals surface area contributed by atoms with Crippen LogP contribution in [0.15, 0.2) is 42.5 Å². The number of anilines is 2. The number of piperidine rings is 1. The summed E-state index contributed by atoms with van der Waals surface area (Å²) < 4.78 is 23.7. The Morgan fingerprint density at radius 2 is 1.76 bits per heavy atom. The maximum Gasteiger partial charge on any atom is 0.339 e. The number of benzene rings is 2. The number of rotatable bonds is 6. The number of esters is 1. The summed E-state index contributed by atoms with van der Waals surface area (Å²) in [6, 6.07) is 11.3. The Balaban J connectivity index is 1.55. The average Bonchev–Trinajstić information content (AvgIpc) is 2.74. The van der Waals surface area contributed by atoms with Gasteiger partial charge in [0.15, 0.2) is 17.7 Å². The van der Waals surface area contributed by atoms with Crippen molar-refractivity contribution in [1.29, 1.82) is 0 Å². The fourth-order valence-electron chi connectivity index (χ4n) is 3.23. The molecule has 7 heteroatoms. The monoisotopic (exact) mass is 400 g/mol. The average molecular weight is 400 g/mol.